The van der Waals surface area contributed by atoms with Gasteiger partial charge in [0.05, 0.1) is 11.3 Å². The van der Waals surface area contributed by atoms with Crippen LogP contribution in [-0.4, -0.2) is 15.6 Å². The van der Waals surface area contributed by atoms with E-state index < -0.39 is 0 Å². The second-order valence-electron chi connectivity index (χ2n) is 4.75. The lowest BCUT2D eigenvalue weighted by molar-refractivity contribution is 0.103. The van der Waals surface area contributed by atoms with E-state index in [1.54, 1.807) is 4.68 Å². The Hall–Kier alpha value is -1.90. The van der Waals surface area contributed by atoms with Crippen LogP contribution in [0.2, 0.25) is 0 Å². The first-order valence-electron chi connectivity index (χ1n) is 6.04. The van der Waals surface area contributed by atoms with Crippen LogP contribution in [0, 0.1) is 27.7 Å². The molecule has 0 spiro atoms. The predicted molar refractivity (Wildman–Crippen MR) is 72.0 cm³/mol. The number of nitrogens with zero attached hydrogens (tertiary/aromatic N) is 2. The zero-order valence-corrected chi connectivity index (χ0v) is 11.5. The van der Waals surface area contributed by atoms with Crippen LogP contribution in [0.25, 0.3) is 0 Å². The molecule has 2 rings (SSSR count). The third kappa shape index (κ3) is 1.86. The van der Waals surface area contributed by atoms with E-state index in [0.717, 1.165) is 33.6 Å². The van der Waals surface area contributed by atoms with Gasteiger partial charge in [-0.05, 0) is 38.8 Å². The van der Waals surface area contributed by atoms with Crippen molar-refractivity contribution in [2.24, 2.45) is 7.05 Å². The van der Waals surface area contributed by atoms with Gasteiger partial charge in [0.1, 0.15) is 0 Å². The third-order valence-electron chi connectivity index (χ3n) is 3.59. The van der Waals surface area contributed by atoms with Gasteiger partial charge in [-0.3, -0.25) is 9.48 Å². The van der Waals surface area contributed by atoms with E-state index in [9.17, 15) is 4.79 Å². The summed E-state index contributed by atoms with van der Waals surface area (Å²) in [5.41, 5.74) is 5.39. The van der Waals surface area contributed by atoms with Crippen LogP contribution in [0.4, 0.5) is 0 Å². The van der Waals surface area contributed by atoms with Crippen LogP contribution in [0.1, 0.15) is 38.4 Å². The zero-order valence-electron chi connectivity index (χ0n) is 11.5. The minimum absolute atomic E-state index is 0.0688. The lowest BCUT2D eigenvalue weighted by Gasteiger charge is -2.08. The number of aryl methyl sites for hydroxylation is 3. The number of carbonyl (C=O) groups excluding carboxylic acids is 1. The molecule has 0 aliphatic carbocycles. The highest BCUT2D eigenvalue weighted by Crippen LogP contribution is 2.21. The Morgan fingerprint density at radius 1 is 1.17 bits per heavy atom. The molecule has 3 heteroatoms. The Bertz CT molecular complexity index is 624. The first-order chi connectivity index (χ1) is 8.43. The Morgan fingerprint density at radius 3 is 2.39 bits per heavy atom. The monoisotopic (exact) mass is 242 g/mol. The van der Waals surface area contributed by atoms with Gasteiger partial charge in [0.2, 0.25) is 0 Å². The van der Waals surface area contributed by atoms with Crippen molar-refractivity contribution in [1.82, 2.24) is 9.78 Å². The Labute approximate surface area is 107 Å². The number of hydrogen-bond acceptors (Lipinski definition) is 2. The maximum absolute atomic E-state index is 12.6. The van der Waals surface area contributed by atoms with E-state index in [0.29, 0.717) is 0 Å². The van der Waals surface area contributed by atoms with Crippen molar-refractivity contribution < 1.29 is 4.79 Å². The van der Waals surface area contributed by atoms with Crippen LogP contribution >= 0.6 is 0 Å². The van der Waals surface area contributed by atoms with Crippen molar-refractivity contribution in [3.63, 3.8) is 0 Å². The summed E-state index contributed by atoms with van der Waals surface area (Å²) in [5.74, 6) is 0.0688. The van der Waals surface area contributed by atoms with Gasteiger partial charge in [0, 0.05) is 18.3 Å². The van der Waals surface area contributed by atoms with Crippen molar-refractivity contribution in [3.05, 3.63) is 51.8 Å². The molecule has 18 heavy (non-hydrogen) atoms. The van der Waals surface area contributed by atoms with Crippen molar-refractivity contribution in [2.45, 2.75) is 27.7 Å². The number of rotatable bonds is 2. The van der Waals surface area contributed by atoms with Gasteiger partial charge in [-0.1, -0.05) is 18.2 Å². The molecule has 0 aliphatic rings. The standard InChI is InChI=1S/C15H18N2O/c1-9-7-6-8-13(10(9)2)15(18)14-11(3)16-17(5)12(14)4/h6-8H,1-5H3. The molecule has 0 atom stereocenters. The largest absolute Gasteiger partial charge is 0.288 e. The van der Waals surface area contributed by atoms with E-state index in [4.69, 9.17) is 0 Å². The van der Waals surface area contributed by atoms with Crippen LogP contribution < -0.4 is 0 Å². The predicted octanol–water partition coefficient (Wildman–Crippen LogP) is 2.88. The molecule has 0 saturated heterocycles. The molecular formula is C15H18N2O. The maximum atomic E-state index is 12.6. The molecule has 0 amide bonds. The van der Waals surface area contributed by atoms with Gasteiger partial charge in [0.15, 0.2) is 5.78 Å². The number of ketones is 1. The molecule has 0 unspecified atom stereocenters. The summed E-state index contributed by atoms with van der Waals surface area (Å²) in [6.07, 6.45) is 0. The van der Waals surface area contributed by atoms with Gasteiger partial charge in [0.25, 0.3) is 0 Å². The highest BCUT2D eigenvalue weighted by Gasteiger charge is 2.20. The molecule has 1 heterocycles. The Morgan fingerprint density at radius 2 is 1.83 bits per heavy atom. The van der Waals surface area contributed by atoms with Crippen LogP contribution in [0.5, 0.6) is 0 Å². The lowest BCUT2D eigenvalue weighted by Crippen LogP contribution is -2.07. The lowest BCUT2D eigenvalue weighted by atomic mass is 9.95. The fraction of sp³-hybridized carbons (Fsp3) is 0.333. The molecule has 0 fully saturated rings. The fourth-order valence-corrected chi connectivity index (χ4v) is 2.23. The summed E-state index contributed by atoms with van der Waals surface area (Å²) in [6, 6.07) is 5.84. The van der Waals surface area contributed by atoms with Crippen molar-refractivity contribution in [2.75, 3.05) is 0 Å². The minimum atomic E-state index is 0.0688. The molecule has 94 valence electrons. The van der Waals surface area contributed by atoms with E-state index in [1.807, 2.05) is 52.9 Å². The van der Waals surface area contributed by atoms with Gasteiger partial charge >= 0.3 is 0 Å². The van der Waals surface area contributed by atoms with Gasteiger partial charge < -0.3 is 0 Å². The van der Waals surface area contributed by atoms with E-state index in [2.05, 4.69) is 5.10 Å². The summed E-state index contributed by atoms with van der Waals surface area (Å²) in [5, 5.41) is 4.31. The van der Waals surface area contributed by atoms with Gasteiger partial charge in [-0.15, -0.1) is 0 Å². The van der Waals surface area contributed by atoms with Gasteiger partial charge in [-0.2, -0.15) is 5.10 Å². The van der Waals surface area contributed by atoms with Crippen molar-refractivity contribution >= 4 is 5.78 Å². The summed E-state index contributed by atoms with van der Waals surface area (Å²) >= 11 is 0. The fourth-order valence-electron chi connectivity index (χ4n) is 2.23. The SMILES string of the molecule is Cc1cccc(C(=O)c2c(C)nn(C)c2C)c1C. The average molecular weight is 242 g/mol. The molecule has 0 bridgehead atoms. The number of hydrogen-bond donors (Lipinski definition) is 0. The Balaban J connectivity index is 2.58. The zero-order chi connectivity index (χ0) is 13.4. The first kappa shape index (κ1) is 12.6. The first-order valence-corrected chi connectivity index (χ1v) is 6.04. The molecule has 1 aromatic heterocycles. The van der Waals surface area contributed by atoms with E-state index >= 15 is 0 Å². The Kier molecular flexibility index (Phi) is 3.07. The number of aromatic nitrogens is 2. The second-order valence-corrected chi connectivity index (χ2v) is 4.75. The molecule has 3 nitrogen and oxygen atoms in total. The molecule has 0 aliphatic heterocycles. The smallest absolute Gasteiger partial charge is 0.197 e. The second kappa shape index (κ2) is 4.41. The summed E-state index contributed by atoms with van der Waals surface area (Å²) in [6.45, 7) is 7.82. The minimum Gasteiger partial charge on any atom is -0.288 e. The van der Waals surface area contributed by atoms with Crippen LogP contribution in [-0.2, 0) is 7.05 Å². The normalized spacial score (nSPS) is 10.7. The molecular weight excluding hydrogens is 224 g/mol. The molecule has 2 aromatic rings. The van der Waals surface area contributed by atoms with Crippen molar-refractivity contribution in [1.29, 1.82) is 0 Å². The quantitative estimate of drug-likeness (QED) is 0.759. The molecule has 1 aromatic carbocycles. The van der Waals surface area contributed by atoms with Gasteiger partial charge in [-0.25, -0.2) is 0 Å². The average Bonchev–Trinajstić information content (AvgIpc) is 2.56. The third-order valence-corrected chi connectivity index (χ3v) is 3.59. The highest BCUT2D eigenvalue weighted by molar-refractivity contribution is 6.11. The molecule has 0 saturated carbocycles. The summed E-state index contributed by atoms with van der Waals surface area (Å²) in [4.78, 5) is 12.6. The van der Waals surface area contributed by atoms with E-state index in [1.165, 1.54) is 0 Å². The number of carbonyl (C=O) groups is 1. The van der Waals surface area contributed by atoms with Crippen LogP contribution in [0.3, 0.4) is 0 Å². The topological polar surface area (TPSA) is 34.9 Å². The molecule has 0 N–H and O–H groups in total. The van der Waals surface area contributed by atoms with Crippen molar-refractivity contribution in [3.8, 4) is 0 Å². The summed E-state index contributed by atoms with van der Waals surface area (Å²) < 4.78 is 1.76. The van der Waals surface area contributed by atoms with E-state index in [-0.39, 0.29) is 5.78 Å². The molecule has 0 radical (unpaired) electrons. The summed E-state index contributed by atoms with van der Waals surface area (Å²) in [7, 11) is 1.86. The van der Waals surface area contributed by atoms with Crippen LogP contribution in [0.15, 0.2) is 18.2 Å². The number of benzene rings is 1. The maximum Gasteiger partial charge on any atom is 0.197 e. The highest BCUT2D eigenvalue weighted by atomic mass is 16.1.